The number of hydrogen-bond acceptors (Lipinski definition) is 5. The number of carbonyl (C=O) groups is 1. The van der Waals surface area contributed by atoms with Crippen LogP contribution in [0.2, 0.25) is 0 Å². The highest BCUT2D eigenvalue weighted by molar-refractivity contribution is 7.78. The summed E-state index contributed by atoms with van der Waals surface area (Å²) in [6.45, 7) is -0.264. The predicted octanol–water partition coefficient (Wildman–Crippen LogP) is 0.571. The molecule has 0 heterocycles. The molecule has 0 saturated carbocycles. The van der Waals surface area contributed by atoms with Crippen molar-refractivity contribution < 1.29 is 23.4 Å². The van der Waals surface area contributed by atoms with E-state index in [2.05, 4.69) is 5.32 Å². The summed E-state index contributed by atoms with van der Waals surface area (Å²) in [4.78, 5) is 10.4. The van der Waals surface area contributed by atoms with Crippen molar-refractivity contribution >= 4 is 22.7 Å². The zero-order chi connectivity index (χ0) is 12.8. The molecule has 2 N–H and O–H groups in total. The molecular formula is C10H12NO5S-. The summed E-state index contributed by atoms with van der Waals surface area (Å²) in [5, 5.41) is 11.2. The van der Waals surface area contributed by atoms with Gasteiger partial charge in [0.25, 0.3) is 0 Å². The van der Waals surface area contributed by atoms with Crippen molar-refractivity contribution in [2.45, 2.75) is 5.75 Å². The molecule has 1 aromatic rings. The van der Waals surface area contributed by atoms with E-state index in [-0.39, 0.29) is 12.3 Å². The van der Waals surface area contributed by atoms with Crippen LogP contribution in [0.1, 0.15) is 5.56 Å². The summed E-state index contributed by atoms with van der Waals surface area (Å²) in [7, 11) is 1.45. The number of nitrogens with one attached hydrogen (secondary N) is 1. The Kier molecular flexibility index (Phi) is 4.92. The Balaban J connectivity index is 2.89. The van der Waals surface area contributed by atoms with Crippen LogP contribution in [0.4, 0.5) is 5.69 Å². The molecule has 0 aromatic heterocycles. The number of methoxy groups -OCH3 is 1. The van der Waals surface area contributed by atoms with Gasteiger partial charge in [0.05, 0.1) is 12.8 Å². The van der Waals surface area contributed by atoms with Crippen LogP contribution < -0.4 is 10.1 Å². The van der Waals surface area contributed by atoms with Gasteiger partial charge in [0.1, 0.15) is 12.3 Å². The van der Waals surface area contributed by atoms with E-state index in [1.54, 1.807) is 18.2 Å². The van der Waals surface area contributed by atoms with Crippen molar-refractivity contribution in [3.05, 3.63) is 23.8 Å². The average Bonchev–Trinajstić information content (AvgIpc) is 2.25. The van der Waals surface area contributed by atoms with Gasteiger partial charge in [0.15, 0.2) is 0 Å². The fourth-order valence-corrected chi connectivity index (χ4v) is 1.74. The molecule has 94 valence electrons. The second kappa shape index (κ2) is 6.21. The summed E-state index contributed by atoms with van der Waals surface area (Å²) in [6.07, 6.45) is 0. The molecule has 0 aliphatic rings. The third kappa shape index (κ3) is 4.41. The lowest BCUT2D eigenvalue weighted by Crippen LogP contribution is -2.13. The van der Waals surface area contributed by atoms with Gasteiger partial charge in [-0.1, -0.05) is 17.1 Å². The molecule has 0 fully saturated rings. The molecule has 7 heteroatoms. The normalized spacial score (nSPS) is 11.9. The Morgan fingerprint density at radius 3 is 2.82 bits per heavy atom. The maximum absolute atomic E-state index is 10.6. The number of rotatable bonds is 6. The van der Waals surface area contributed by atoms with E-state index in [4.69, 9.17) is 9.84 Å². The highest BCUT2D eigenvalue weighted by Gasteiger charge is 2.06. The molecule has 1 atom stereocenters. The summed E-state index contributed by atoms with van der Waals surface area (Å²) < 4.78 is 26.1. The molecule has 1 rings (SSSR count). The van der Waals surface area contributed by atoms with E-state index in [1.165, 1.54) is 7.11 Å². The third-order valence-electron chi connectivity index (χ3n) is 1.98. The van der Waals surface area contributed by atoms with Crippen LogP contribution in [-0.4, -0.2) is 33.5 Å². The van der Waals surface area contributed by atoms with Crippen molar-refractivity contribution in [1.82, 2.24) is 0 Å². The molecule has 17 heavy (non-hydrogen) atoms. The van der Waals surface area contributed by atoms with E-state index in [0.29, 0.717) is 17.0 Å². The molecule has 0 aliphatic carbocycles. The van der Waals surface area contributed by atoms with Crippen molar-refractivity contribution in [3.8, 4) is 5.75 Å². The number of aliphatic carboxylic acids is 1. The second-order valence-electron chi connectivity index (χ2n) is 3.23. The second-order valence-corrected chi connectivity index (χ2v) is 4.13. The Morgan fingerprint density at radius 1 is 1.59 bits per heavy atom. The van der Waals surface area contributed by atoms with Gasteiger partial charge in [-0.3, -0.25) is 9.00 Å². The first kappa shape index (κ1) is 13.5. The monoisotopic (exact) mass is 258 g/mol. The number of benzene rings is 1. The van der Waals surface area contributed by atoms with Crippen LogP contribution in [0.25, 0.3) is 0 Å². The summed E-state index contributed by atoms with van der Waals surface area (Å²) in [5.74, 6) is -0.664. The number of carboxylic acids is 1. The molecule has 0 amide bonds. The van der Waals surface area contributed by atoms with Gasteiger partial charge < -0.3 is 19.7 Å². The maximum Gasteiger partial charge on any atom is 0.322 e. The number of carboxylic acid groups (broad SMARTS) is 1. The SMILES string of the molecule is COc1ccc(CS(=O)[O-])cc1NCC(=O)O. The average molecular weight is 258 g/mol. The minimum Gasteiger partial charge on any atom is -0.772 e. The molecule has 0 aliphatic heterocycles. The van der Waals surface area contributed by atoms with Gasteiger partial charge in [-0.05, 0) is 17.7 Å². The van der Waals surface area contributed by atoms with Crippen LogP contribution >= 0.6 is 0 Å². The minimum atomic E-state index is -2.18. The van der Waals surface area contributed by atoms with E-state index in [0.717, 1.165) is 0 Å². The van der Waals surface area contributed by atoms with Gasteiger partial charge in [-0.15, -0.1) is 0 Å². The maximum atomic E-state index is 10.6. The molecule has 1 aromatic carbocycles. The van der Waals surface area contributed by atoms with Crippen molar-refractivity contribution in [2.75, 3.05) is 19.0 Å². The van der Waals surface area contributed by atoms with Crippen LogP contribution in [-0.2, 0) is 21.6 Å². The molecular weight excluding hydrogens is 246 g/mol. The molecule has 0 spiro atoms. The largest absolute Gasteiger partial charge is 0.772 e. The molecule has 0 bridgehead atoms. The van der Waals surface area contributed by atoms with E-state index in [9.17, 15) is 13.6 Å². The fourth-order valence-electron chi connectivity index (χ4n) is 1.29. The van der Waals surface area contributed by atoms with E-state index < -0.39 is 17.0 Å². The quantitative estimate of drug-likeness (QED) is 0.724. The lowest BCUT2D eigenvalue weighted by atomic mass is 10.2. The van der Waals surface area contributed by atoms with Gasteiger partial charge in [-0.25, -0.2) is 0 Å². The molecule has 0 saturated heterocycles. The van der Waals surface area contributed by atoms with Gasteiger partial charge in [0, 0.05) is 5.75 Å². The first-order valence-electron chi connectivity index (χ1n) is 4.71. The smallest absolute Gasteiger partial charge is 0.322 e. The van der Waals surface area contributed by atoms with E-state index in [1.807, 2.05) is 0 Å². The molecule has 0 radical (unpaired) electrons. The Bertz CT molecular complexity index is 435. The number of ether oxygens (including phenoxy) is 1. The fraction of sp³-hybridized carbons (Fsp3) is 0.300. The standard InChI is InChI=1S/C10H13NO5S/c1-16-9-3-2-7(6-17(14)15)4-8(9)11-5-10(12)13/h2-4,11H,5-6H2,1H3,(H,12,13)(H,14,15)/p-1. The van der Waals surface area contributed by atoms with Crippen molar-refractivity contribution in [1.29, 1.82) is 0 Å². The minimum absolute atomic E-state index is 0.119. The lowest BCUT2D eigenvalue weighted by molar-refractivity contribution is -0.134. The number of hydrogen-bond donors (Lipinski definition) is 2. The van der Waals surface area contributed by atoms with Crippen LogP contribution in [0.5, 0.6) is 5.75 Å². The zero-order valence-corrected chi connectivity index (χ0v) is 9.95. The van der Waals surface area contributed by atoms with Crippen LogP contribution in [0.15, 0.2) is 18.2 Å². The van der Waals surface area contributed by atoms with Crippen LogP contribution in [0, 0.1) is 0 Å². The van der Waals surface area contributed by atoms with Crippen molar-refractivity contribution in [3.63, 3.8) is 0 Å². The summed E-state index contributed by atoms with van der Waals surface area (Å²) in [5.41, 5.74) is 1.02. The first-order valence-corrected chi connectivity index (χ1v) is 5.95. The summed E-state index contributed by atoms with van der Waals surface area (Å²) in [6, 6.07) is 4.75. The predicted molar refractivity (Wildman–Crippen MR) is 61.7 cm³/mol. The highest BCUT2D eigenvalue weighted by Crippen LogP contribution is 2.25. The topological polar surface area (TPSA) is 98.7 Å². The molecule has 6 nitrogen and oxygen atoms in total. The summed E-state index contributed by atoms with van der Waals surface area (Å²) >= 11 is -2.18. The lowest BCUT2D eigenvalue weighted by Gasteiger charge is -2.12. The van der Waals surface area contributed by atoms with Gasteiger partial charge >= 0.3 is 5.97 Å². The van der Waals surface area contributed by atoms with Gasteiger partial charge in [0.2, 0.25) is 0 Å². The van der Waals surface area contributed by atoms with E-state index >= 15 is 0 Å². The van der Waals surface area contributed by atoms with Gasteiger partial charge in [-0.2, -0.15) is 0 Å². The Labute approximate surface area is 101 Å². The Hall–Kier alpha value is -1.60. The third-order valence-corrected chi connectivity index (χ3v) is 2.55. The first-order chi connectivity index (χ1) is 8.02. The number of anilines is 1. The highest BCUT2D eigenvalue weighted by atomic mass is 32.2. The zero-order valence-electron chi connectivity index (χ0n) is 9.13. The Morgan fingerprint density at radius 2 is 2.29 bits per heavy atom. The van der Waals surface area contributed by atoms with Crippen LogP contribution in [0.3, 0.4) is 0 Å². The molecule has 1 unspecified atom stereocenters. The van der Waals surface area contributed by atoms with Crippen molar-refractivity contribution in [2.24, 2.45) is 0 Å².